The molecule has 0 aliphatic carbocycles. The van der Waals surface area contributed by atoms with Gasteiger partial charge in [0.25, 0.3) is 5.91 Å². The molecule has 0 bridgehead atoms. The summed E-state index contributed by atoms with van der Waals surface area (Å²) in [6, 6.07) is 13.1. The molecule has 1 heterocycles. The van der Waals surface area contributed by atoms with E-state index in [0.717, 1.165) is 24.2 Å². The second-order valence-electron chi connectivity index (χ2n) is 7.49. The van der Waals surface area contributed by atoms with Gasteiger partial charge in [-0.05, 0) is 41.7 Å². The van der Waals surface area contributed by atoms with Gasteiger partial charge in [-0.15, -0.1) is 12.4 Å². The Labute approximate surface area is 172 Å². The molecule has 2 amide bonds. The van der Waals surface area contributed by atoms with Crippen molar-refractivity contribution in [2.75, 3.05) is 0 Å². The first kappa shape index (κ1) is 21.9. The Morgan fingerprint density at radius 3 is 2.54 bits per heavy atom. The molecule has 0 saturated carbocycles. The average molecular weight is 402 g/mol. The van der Waals surface area contributed by atoms with Gasteiger partial charge in [0.1, 0.15) is 6.04 Å². The second-order valence-corrected chi connectivity index (χ2v) is 7.49. The van der Waals surface area contributed by atoms with Crippen molar-refractivity contribution in [3.63, 3.8) is 0 Å². The van der Waals surface area contributed by atoms with Gasteiger partial charge in [-0.2, -0.15) is 0 Å². The summed E-state index contributed by atoms with van der Waals surface area (Å²) in [6.45, 7) is 8.04. The fourth-order valence-corrected chi connectivity index (χ4v) is 3.30. The molecule has 1 aliphatic rings. The van der Waals surface area contributed by atoms with Gasteiger partial charge in [0, 0.05) is 25.2 Å². The number of nitrogens with one attached hydrogen (secondary N) is 3. The van der Waals surface area contributed by atoms with Crippen LogP contribution < -0.4 is 16.0 Å². The topological polar surface area (TPSA) is 70.2 Å². The Kier molecular flexibility index (Phi) is 7.61. The molecule has 0 spiro atoms. The van der Waals surface area contributed by atoms with Crippen molar-refractivity contribution < 1.29 is 9.59 Å². The first-order chi connectivity index (χ1) is 12.9. The van der Waals surface area contributed by atoms with Crippen molar-refractivity contribution in [1.29, 1.82) is 0 Å². The zero-order valence-electron chi connectivity index (χ0n) is 16.5. The predicted octanol–water partition coefficient (Wildman–Crippen LogP) is 3.09. The highest BCUT2D eigenvalue weighted by Crippen LogP contribution is 2.17. The highest BCUT2D eigenvalue weighted by molar-refractivity contribution is 5.97. The third-order valence-electron chi connectivity index (χ3n) is 4.88. The van der Waals surface area contributed by atoms with Crippen LogP contribution >= 0.6 is 12.4 Å². The van der Waals surface area contributed by atoms with Gasteiger partial charge in [-0.1, -0.05) is 49.7 Å². The van der Waals surface area contributed by atoms with Gasteiger partial charge >= 0.3 is 0 Å². The quantitative estimate of drug-likeness (QED) is 0.696. The molecule has 0 aromatic heterocycles. The molecule has 1 unspecified atom stereocenters. The monoisotopic (exact) mass is 401 g/mol. The standard InChI is InChI=1S/C22H27N3O2.ClH/c1-14(2)20(25-21(26)17-6-4-5-15(3)9-17)22(27)24-11-16-7-8-18-12-23-13-19(18)10-16;/h4-10,14,20,23H,11-13H2,1-3H3,(H,24,27)(H,25,26);1H. The summed E-state index contributed by atoms with van der Waals surface area (Å²) in [5.74, 6) is -0.399. The summed E-state index contributed by atoms with van der Waals surface area (Å²) in [4.78, 5) is 25.2. The van der Waals surface area contributed by atoms with Gasteiger partial charge in [-0.3, -0.25) is 9.59 Å². The third-order valence-corrected chi connectivity index (χ3v) is 4.88. The van der Waals surface area contributed by atoms with E-state index in [-0.39, 0.29) is 30.1 Å². The summed E-state index contributed by atoms with van der Waals surface area (Å²) in [6.07, 6.45) is 0. The first-order valence-corrected chi connectivity index (χ1v) is 9.40. The summed E-state index contributed by atoms with van der Waals surface area (Å²) >= 11 is 0. The van der Waals surface area contributed by atoms with Gasteiger partial charge < -0.3 is 16.0 Å². The van der Waals surface area contributed by atoms with Crippen LogP contribution in [0.5, 0.6) is 0 Å². The number of carbonyl (C=O) groups excluding carboxylic acids is 2. The number of hydrogen-bond donors (Lipinski definition) is 3. The molecule has 1 atom stereocenters. The number of aryl methyl sites for hydroxylation is 1. The maximum atomic E-state index is 12.7. The minimum atomic E-state index is -0.575. The highest BCUT2D eigenvalue weighted by atomic mass is 35.5. The molecule has 28 heavy (non-hydrogen) atoms. The lowest BCUT2D eigenvalue weighted by atomic mass is 10.0. The molecule has 3 rings (SSSR count). The minimum Gasteiger partial charge on any atom is -0.350 e. The number of hydrogen-bond acceptors (Lipinski definition) is 3. The van der Waals surface area contributed by atoms with Crippen LogP contribution in [0.2, 0.25) is 0 Å². The van der Waals surface area contributed by atoms with Crippen molar-refractivity contribution in [2.24, 2.45) is 5.92 Å². The van der Waals surface area contributed by atoms with Crippen molar-refractivity contribution in [3.8, 4) is 0 Å². The molecule has 0 saturated heterocycles. The molecule has 0 fully saturated rings. The van der Waals surface area contributed by atoms with E-state index >= 15 is 0 Å². The van der Waals surface area contributed by atoms with Crippen LogP contribution in [0.1, 0.15) is 46.5 Å². The van der Waals surface area contributed by atoms with E-state index in [1.807, 2.05) is 45.0 Å². The Balaban J connectivity index is 0.00000280. The lowest BCUT2D eigenvalue weighted by Crippen LogP contribution is -2.49. The molecular formula is C22H28ClN3O2. The second kappa shape index (κ2) is 9.71. The number of halogens is 1. The summed E-state index contributed by atoms with van der Waals surface area (Å²) in [5.41, 5.74) is 5.25. The van der Waals surface area contributed by atoms with Crippen LogP contribution in [0.3, 0.4) is 0 Å². The lowest BCUT2D eigenvalue weighted by Gasteiger charge is -2.22. The lowest BCUT2D eigenvalue weighted by molar-refractivity contribution is -0.124. The normalized spacial score (nSPS) is 13.4. The number of rotatable bonds is 6. The maximum absolute atomic E-state index is 12.7. The Hall–Kier alpha value is -2.37. The minimum absolute atomic E-state index is 0. The zero-order valence-corrected chi connectivity index (χ0v) is 17.4. The molecule has 2 aromatic rings. The first-order valence-electron chi connectivity index (χ1n) is 9.40. The van der Waals surface area contributed by atoms with E-state index in [9.17, 15) is 9.59 Å². The van der Waals surface area contributed by atoms with Crippen LogP contribution in [0.15, 0.2) is 42.5 Å². The van der Waals surface area contributed by atoms with Crippen LogP contribution in [0.4, 0.5) is 0 Å². The Morgan fingerprint density at radius 1 is 1.07 bits per heavy atom. The van der Waals surface area contributed by atoms with Crippen LogP contribution in [-0.4, -0.2) is 17.9 Å². The molecular weight excluding hydrogens is 374 g/mol. The Bertz CT molecular complexity index is 851. The van der Waals surface area contributed by atoms with E-state index in [2.05, 4.69) is 28.1 Å². The van der Waals surface area contributed by atoms with E-state index in [1.165, 1.54) is 11.1 Å². The fourth-order valence-electron chi connectivity index (χ4n) is 3.30. The largest absolute Gasteiger partial charge is 0.350 e. The molecule has 3 N–H and O–H groups in total. The van der Waals surface area contributed by atoms with Crippen molar-refractivity contribution in [1.82, 2.24) is 16.0 Å². The van der Waals surface area contributed by atoms with Crippen molar-refractivity contribution in [3.05, 3.63) is 70.3 Å². The number of fused-ring (bicyclic) bond motifs is 1. The molecule has 1 aliphatic heterocycles. The molecule has 0 radical (unpaired) electrons. The van der Waals surface area contributed by atoms with E-state index in [1.54, 1.807) is 6.07 Å². The third kappa shape index (κ3) is 5.33. The maximum Gasteiger partial charge on any atom is 0.251 e. The Morgan fingerprint density at radius 2 is 1.82 bits per heavy atom. The van der Waals surface area contributed by atoms with Crippen LogP contribution in [0.25, 0.3) is 0 Å². The summed E-state index contributed by atoms with van der Waals surface area (Å²) < 4.78 is 0. The molecule has 5 nitrogen and oxygen atoms in total. The van der Waals surface area contributed by atoms with E-state index < -0.39 is 6.04 Å². The fraction of sp³-hybridized carbons (Fsp3) is 0.364. The van der Waals surface area contributed by atoms with Gasteiger partial charge in [0.2, 0.25) is 5.91 Å². The van der Waals surface area contributed by atoms with Crippen LogP contribution in [0, 0.1) is 12.8 Å². The number of benzene rings is 2. The molecule has 150 valence electrons. The molecule has 2 aromatic carbocycles. The number of carbonyl (C=O) groups is 2. The highest BCUT2D eigenvalue weighted by Gasteiger charge is 2.24. The summed E-state index contributed by atoms with van der Waals surface area (Å²) in [7, 11) is 0. The van der Waals surface area contributed by atoms with Crippen LogP contribution in [-0.2, 0) is 24.4 Å². The van der Waals surface area contributed by atoms with Gasteiger partial charge in [0.15, 0.2) is 0 Å². The van der Waals surface area contributed by atoms with Crippen molar-refractivity contribution >= 4 is 24.2 Å². The smallest absolute Gasteiger partial charge is 0.251 e. The van der Waals surface area contributed by atoms with Gasteiger partial charge in [0.05, 0.1) is 0 Å². The zero-order chi connectivity index (χ0) is 19.4. The SMILES string of the molecule is Cc1cccc(C(=O)NC(C(=O)NCc2ccc3c(c2)CNC3)C(C)C)c1.Cl. The summed E-state index contributed by atoms with van der Waals surface area (Å²) in [5, 5.41) is 9.16. The average Bonchev–Trinajstić information content (AvgIpc) is 3.11. The number of amides is 2. The molecule has 6 heteroatoms. The van der Waals surface area contributed by atoms with E-state index in [4.69, 9.17) is 0 Å². The van der Waals surface area contributed by atoms with Crippen molar-refractivity contribution in [2.45, 2.75) is 46.4 Å². The van der Waals surface area contributed by atoms with E-state index in [0.29, 0.717) is 12.1 Å². The predicted molar refractivity (Wildman–Crippen MR) is 113 cm³/mol. The van der Waals surface area contributed by atoms with Gasteiger partial charge in [-0.25, -0.2) is 0 Å².